The Bertz CT molecular complexity index is 768. The van der Waals surface area contributed by atoms with Crippen molar-refractivity contribution in [3.05, 3.63) is 6.33 Å². The third kappa shape index (κ3) is 2.77. The van der Waals surface area contributed by atoms with E-state index in [1.54, 1.807) is 10.9 Å². The minimum Gasteiger partial charge on any atom is -0.394 e. The first-order valence-corrected chi connectivity index (χ1v) is 8.02. The summed E-state index contributed by atoms with van der Waals surface area (Å²) in [5.74, 6) is 3.44. The molecule has 8 heteroatoms. The van der Waals surface area contributed by atoms with Crippen LogP contribution in [0.2, 0.25) is 0 Å². The molecule has 0 spiro atoms. The van der Waals surface area contributed by atoms with Gasteiger partial charge in [0.15, 0.2) is 23.2 Å². The first kappa shape index (κ1) is 16.5. The summed E-state index contributed by atoms with van der Waals surface area (Å²) in [7, 11) is 1.95. The fraction of sp³-hybridized carbons (Fsp3) is 0.562. The maximum Gasteiger partial charge on any atom is 0.224 e. The van der Waals surface area contributed by atoms with Crippen molar-refractivity contribution < 1.29 is 9.84 Å². The van der Waals surface area contributed by atoms with Crippen molar-refractivity contribution in [2.24, 2.45) is 5.92 Å². The van der Waals surface area contributed by atoms with E-state index in [-0.39, 0.29) is 24.6 Å². The Kier molecular flexibility index (Phi) is 4.55. The Balaban J connectivity index is 2.06. The average Bonchev–Trinajstić information content (AvgIpc) is 3.17. The van der Waals surface area contributed by atoms with Gasteiger partial charge in [-0.25, -0.2) is 4.98 Å². The molecule has 3 N–H and O–H groups in total. The lowest BCUT2D eigenvalue weighted by molar-refractivity contribution is -0.0262. The number of aromatic nitrogens is 4. The van der Waals surface area contributed by atoms with E-state index < -0.39 is 6.23 Å². The van der Waals surface area contributed by atoms with E-state index in [9.17, 15) is 5.11 Å². The monoisotopic (exact) mass is 330 g/mol. The minimum absolute atomic E-state index is 0.0665. The van der Waals surface area contributed by atoms with Gasteiger partial charge in [0, 0.05) is 13.6 Å². The van der Waals surface area contributed by atoms with Crippen molar-refractivity contribution in [2.75, 3.05) is 30.8 Å². The first-order chi connectivity index (χ1) is 11.6. The normalized spacial score (nSPS) is 23.5. The van der Waals surface area contributed by atoms with Gasteiger partial charge >= 0.3 is 0 Å². The zero-order chi connectivity index (χ0) is 17.3. The van der Waals surface area contributed by atoms with Gasteiger partial charge in [-0.1, -0.05) is 12.8 Å². The van der Waals surface area contributed by atoms with E-state index in [0.717, 1.165) is 13.0 Å². The molecule has 0 aliphatic carbocycles. The number of terminal acetylenes is 1. The molecule has 3 heterocycles. The molecule has 3 unspecified atom stereocenters. The predicted octanol–water partition coefficient (Wildman–Crippen LogP) is 0.784. The molecular formula is C16H22N6O2. The summed E-state index contributed by atoms with van der Waals surface area (Å²) in [6.07, 6.45) is 8.15. The lowest BCUT2D eigenvalue weighted by Crippen LogP contribution is -2.21. The molecule has 1 aliphatic heterocycles. The average molecular weight is 330 g/mol. The smallest absolute Gasteiger partial charge is 0.224 e. The molecule has 2 aromatic heterocycles. The van der Waals surface area contributed by atoms with Crippen LogP contribution in [0.3, 0.4) is 0 Å². The van der Waals surface area contributed by atoms with Crippen molar-refractivity contribution in [3.63, 3.8) is 0 Å². The molecule has 1 saturated heterocycles. The summed E-state index contributed by atoms with van der Waals surface area (Å²) in [6.45, 7) is 2.86. The summed E-state index contributed by atoms with van der Waals surface area (Å²) in [4.78, 5) is 15.1. The van der Waals surface area contributed by atoms with Crippen LogP contribution in [-0.4, -0.2) is 50.9 Å². The third-order valence-electron chi connectivity index (χ3n) is 4.23. The van der Waals surface area contributed by atoms with Crippen LogP contribution in [0.4, 0.5) is 11.8 Å². The number of hydrogen-bond donors (Lipinski definition) is 2. The Hall–Kier alpha value is -2.37. The summed E-state index contributed by atoms with van der Waals surface area (Å²) >= 11 is 0. The topological polar surface area (TPSA) is 102 Å². The van der Waals surface area contributed by atoms with Crippen LogP contribution in [0.15, 0.2) is 6.33 Å². The molecular weight excluding hydrogens is 308 g/mol. The first-order valence-electron chi connectivity index (χ1n) is 8.02. The fourth-order valence-corrected chi connectivity index (χ4v) is 3.09. The second kappa shape index (κ2) is 6.63. The van der Waals surface area contributed by atoms with Gasteiger partial charge in [0.1, 0.15) is 0 Å². The molecule has 0 saturated carbocycles. The second-order valence-electron chi connectivity index (χ2n) is 5.99. The molecule has 1 aliphatic rings. The van der Waals surface area contributed by atoms with Crippen molar-refractivity contribution >= 4 is 22.9 Å². The predicted molar refractivity (Wildman–Crippen MR) is 91.2 cm³/mol. The number of anilines is 2. The highest BCUT2D eigenvalue weighted by Gasteiger charge is 2.36. The van der Waals surface area contributed by atoms with Crippen LogP contribution >= 0.6 is 0 Å². The molecule has 0 bridgehead atoms. The highest BCUT2D eigenvalue weighted by molar-refractivity contribution is 5.84. The van der Waals surface area contributed by atoms with Crippen molar-refractivity contribution in [3.8, 4) is 12.3 Å². The Morgan fingerprint density at radius 3 is 3.00 bits per heavy atom. The molecule has 0 radical (unpaired) electrons. The van der Waals surface area contributed by atoms with Crippen LogP contribution in [-0.2, 0) is 4.74 Å². The molecule has 24 heavy (non-hydrogen) atoms. The number of aliphatic hydroxyl groups excluding tert-OH is 1. The Morgan fingerprint density at radius 1 is 1.54 bits per heavy atom. The number of nitrogens with zero attached hydrogens (tertiary/aromatic N) is 5. The van der Waals surface area contributed by atoms with Crippen LogP contribution in [0.1, 0.15) is 26.0 Å². The van der Waals surface area contributed by atoms with E-state index in [1.807, 2.05) is 11.9 Å². The quantitative estimate of drug-likeness (QED) is 0.781. The summed E-state index contributed by atoms with van der Waals surface area (Å²) in [5, 5.41) is 9.36. The van der Waals surface area contributed by atoms with E-state index in [2.05, 4.69) is 27.8 Å². The van der Waals surface area contributed by atoms with Gasteiger partial charge < -0.3 is 20.5 Å². The van der Waals surface area contributed by atoms with Gasteiger partial charge in [0.05, 0.1) is 25.0 Å². The maximum atomic E-state index is 9.36. The number of imidazole rings is 1. The van der Waals surface area contributed by atoms with Gasteiger partial charge in [-0.2, -0.15) is 9.97 Å². The third-order valence-corrected chi connectivity index (χ3v) is 4.23. The summed E-state index contributed by atoms with van der Waals surface area (Å²) in [6, 6.07) is 0. The SMILES string of the molecule is C#CC1CC(CO)OC1n1cnc2c(N(C)CCC)nc(N)nc21. The summed E-state index contributed by atoms with van der Waals surface area (Å²) in [5.41, 5.74) is 7.14. The van der Waals surface area contributed by atoms with E-state index in [1.165, 1.54) is 0 Å². The standard InChI is InChI=1S/C16H22N6O2/c1-4-6-21(3)13-12-14(20-16(17)19-13)22(9-18-12)15-10(5-2)7-11(8-23)24-15/h2,9-11,15,23H,4,6-8H2,1,3H3,(H2,17,19,20). The minimum atomic E-state index is -0.421. The van der Waals surface area contributed by atoms with Gasteiger partial charge in [0.25, 0.3) is 0 Å². The van der Waals surface area contributed by atoms with E-state index in [0.29, 0.717) is 23.4 Å². The van der Waals surface area contributed by atoms with Crippen LogP contribution in [0.5, 0.6) is 0 Å². The van der Waals surface area contributed by atoms with E-state index >= 15 is 0 Å². The van der Waals surface area contributed by atoms with Gasteiger partial charge in [-0.3, -0.25) is 4.57 Å². The zero-order valence-corrected chi connectivity index (χ0v) is 13.9. The molecule has 128 valence electrons. The lowest BCUT2D eigenvalue weighted by Gasteiger charge is -2.19. The van der Waals surface area contributed by atoms with Gasteiger partial charge in [-0.05, 0) is 12.8 Å². The van der Waals surface area contributed by atoms with Crippen molar-refractivity contribution in [1.29, 1.82) is 0 Å². The fourth-order valence-electron chi connectivity index (χ4n) is 3.09. The zero-order valence-electron chi connectivity index (χ0n) is 13.9. The molecule has 0 amide bonds. The second-order valence-corrected chi connectivity index (χ2v) is 5.99. The highest BCUT2D eigenvalue weighted by atomic mass is 16.5. The molecule has 3 rings (SSSR count). The molecule has 1 fully saturated rings. The molecule has 3 atom stereocenters. The van der Waals surface area contributed by atoms with Gasteiger partial charge in [-0.15, -0.1) is 6.42 Å². The van der Waals surface area contributed by atoms with Crippen LogP contribution < -0.4 is 10.6 Å². The van der Waals surface area contributed by atoms with Crippen LogP contribution in [0.25, 0.3) is 11.2 Å². The maximum absolute atomic E-state index is 9.36. The number of nitrogens with two attached hydrogens (primary N) is 1. The number of hydrogen-bond acceptors (Lipinski definition) is 7. The summed E-state index contributed by atoms with van der Waals surface area (Å²) < 4.78 is 7.66. The number of nitrogen functional groups attached to an aromatic ring is 1. The largest absolute Gasteiger partial charge is 0.394 e. The number of rotatable bonds is 5. The van der Waals surface area contributed by atoms with Gasteiger partial charge in [0.2, 0.25) is 5.95 Å². The lowest BCUT2D eigenvalue weighted by atomic mass is 10.0. The highest BCUT2D eigenvalue weighted by Crippen LogP contribution is 2.36. The van der Waals surface area contributed by atoms with E-state index in [4.69, 9.17) is 16.9 Å². The molecule has 2 aromatic rings. The Morgan fingerprint density at radius 2 is 2.33 bits per heavy atom. The number of ether oxygens (including phenoxy) is 1. The number of fused-ring (bicyclic) bond motifs is 1. The van der Waals surface area contributed by atoms with Crippen molar-refractivity contribution in [1.82, 2.24) is 19.5 Å². The van der Waals surface area contributed by atoms with Crippen molar-refractivity contribution in [2.45, 2.75) is 32.1 Å². The molecule has 0 aromatic carbocycles. The molecule has 8 nitrogen and oxygen atoms in total. The van der Waals surface area contributed by atoms with Crippen LogP contribution in [0, 0.1) is 18.3 Å². The Labute approximate surface area is 140 Å². The number of aliphatic hydroxyl groups is 1.